The molecule has 1 unspecified atom stereocenters. The number of benzene rings is 1. The van der Waals surface area contributed by atoms with E-state index in [1.165, 1.54) is 16.8 Å². The van der Waals surface area contributed by atoms with Crippen LogP contribution in [0.1, 0.15) is 43.1 Å². The van der Waals surface area contributed by atoms with E-state index in [4.69, 9.17) is 0 Å². The van der Waals surface area contributed by atoms with Crippen molar-refractivity contribution in [3.05, 3.63) is 50.2 Å². The molecule has 5 heteroatoms. The zero-order valence-electron chi connectivity index (χ0n) is 12.7. The first kappa shape index (κ1) is 16.7. The van der Waals surface area contributed by atoms with Crippen molar-refractivity contribution in [2.45, 2.75) is 39.8 Å². The normalized spacial score (nSPS) is 12.6. The topological polar surface area (TPSA) is 29.9 Å². The molecule has 1 heterocycles. The van der Waals surface area contributed by atoms with Gasteiger partial charge in [-0.2, -0.15) is 5.10 Å². The largest absolute Gasteiger partial charge is 0.305 e. The van der Waals surface area contributed by atoms with Crippen LogP contribution in [0.2, 0.25) is 0 Å². The molecule has 1 aromatic carbocycles. The third-order valence-corrected chi connectivity index (χ3v) is 4.75. The van der Waals surface area contributed by atoms with Crippen LogP contribution >= 0.6 is 31.9 Å². The molecule has 0 bridgehead atoms. The Labute approximate surface area is 143 Å². The first-order valence-corrected chi connectivity index (χ1v) is 8.87. The predicted octanol–water partition coefficient (Wildman–Crippen LogP) is 4.83. The van der Waals surface area contributed by atoms with Gasteiger partial charge >= 0.3 is 0 Å². The molecule has 0 saturated carbocycles. The van der Waals surface area contributed by atoms with E-state index < -0.39 is 0 Å². The summed E-state index contributed by atoms with van der Waals surface area (Å²) in [4.78, 5) is 0. The Balaban J connectivity index is 2.53. The molecule has 1 N–H and O–H groups in total. The molecule has 0 amide bonds. The van der Waals surface area contributed by atoms with Crippen LogP contribution in [-0.4, -0.2) is 16.3 Å². The van der Waals surface area contributed by atoms with Gasteiger partial charge in [0.15, 0.2) is 0 Å². The lowest BCUT2D eigenvalue weighted by Gasteiger charge is -2.22. The van der Waals surface area contributed by atoms with Crippen molar-refractivity contribution in [1.29, 1.82) is 0 Å². The maximum absolute atomic E-state index is 4.50. The third kappa shape index (κ3) is 3.76. The zero-order valence-corrected chi connectivity index (χ0v) is 15.8. The summed E-state index contributed by atoms with van der Waals surface area (Å²) < 4.78 is 4.26. The molecular weight excluding hydrogens is 394 g/mol. The number of nitrogens with one attached hydrogen (secondary N) is 1. The van der Waals surface area contributed by atoms with E-state index in [-0.39, 0.29) is 6.04 Å². The molecule has 2 aromatic rings. The highest BCUT2D eigenvalue weighted by Crippen LogP contribution is 2.33. The summed E-state index contributed by atoms with van der Waals surface area (Å²) in [6, 6.07) is 6.58. The summed E-state index contributed by atoms with van der Waals surface area (Å²) >= 11 is 7.35. The lowest BCUT2D eigenvalue weighted by Crippen LogP contribution is -2.25. The number of nitrogens with zero attached hydrogens (tertiary/aromatic N) is 2. The van der Waals surface area contributed by atoms with E-state index >= 15 is 0 Å². The van der Waals surface area contributed by atoms with E-state index in [1.54, 1.807) is 0 Å². The van der Waals surface area contributed by atoms with Crippen molar-refractivity contribution in [1.82, 2.24) is 15.1 Å². The van der Waals surface area contributed by atoms with Crippen molar-refractivity contribution in [2.24, 2.45) is 0 Å². The van der Waals surface area contributed by atoms with Gasteiger partial charge in [0.25, 0.3) is 0 Å². The highest BCUT2D eigenvalue weighted by Gasteiger charge is 2.23. The van der Waals surface area contributed by atoms with Crippen molar-refractivity contribution >= 4 is 31.9 Å². The Morgan fingerprint density at radius 2 is 2.00 bits per heavy atom. The van der Waals surface area contributed by atoms with E-state index in [0.717, 1.165) is 28.5 Å². The average Bonchev–Trinajstić information content (AvgIpc) is 2.81. The Morgan fingerprint density at radius 3 is 2.67 bits per heavy atom. The summed E-state index contributed by atoms with van der Waals surface area (Å²) in [5, 5.41) is 8.09. The summed E-state index contributed by atoms with van der Waals surface area (Å²) in [5.74, 6) is 0. The van der Waals surface area contributed by atoms with Gasteiger partial charge < -0.3 is 5.32 Å². The quantitative estimate of drug-likeness (QED) is 0.733. The van der Waals surface area contributed by atoms with Crippen LogP contribution in [0.3, 0.4) is 0 Å². The number of halogens is 2. The second kappa shape index (κ2) is 7.56. The summed E-state index contributed by atoms with van der Waals surface area (Å²) in [5.41, 5.74) is 3.69. The molecule has 0 radical (unpaired) electrons. The van der Waals surface area contributed by atoms with Gasteiger partial charge in [0.05, 0.1) is 22.4 Å². The number of hydrogen-bond acceptors (Lipinski definition) is 2. The van der Waals surface area contributed by atoms with E-state index in [1.807, 2.05) is 6.20 Å². The van der Waals surface area contributed by atoms with Gasteiger partial charge in [0.2, 0.25) is 0 Å². The van der Waals surface area contributed by atoms with Gasteiger partial charge in [-0.15, -0.1) is 0 Å². The summed E-state index contributed by atoms with van der Waals surface area (Å²) in [7, 11) is 0. The highest BCUT2D eigenvalue weighted by atomic mass is 79.9. The average molecular weight is 415 g/mol. The van der Waals surface area contributed by atoms with Gasteiger partial charge in [0.1, 0.15) is 0 Å². The smallest absolute Gasteiger partial charge is 0.0770 e. The van der Waals surface area contributed by atoms with E-state index in [2.05, 4.69) is 85.9 Å². The fraction of sp³-hybridized carbons (Fsp3) is 0.438. The van der Waals surface area contributed by atoms with Crippen LogP contribution < -0.4 is 5.32 Å². The van der Waals surface area contributed by atoms with Crippen LogP contribution in [0.5, 0.6) is 0 Å². The third-order valence-electron chi connectivity index (χ3n) is 3.41. The minimum absolute atomic E-state index is 0.118. The first-order chi connectivity index (χ1) is 10.1. The maximum atomic E-state index is 4.50. The van der Waals surface area contributed by atoms with Gasteiger partial charge in [-0.25, -0.2) is 0 Å². The molecule has 0 aliphatic carbocycles. The molecular formula is C16H21Br2N3. The second-order valence-electron chi connectivity index (χ2n) is 5.12. The fourth-order valence-corrected chi connectivity index (χ4v) is 3.49. The molecule has 3 nitrogen and oxygen atoms in total. The maximum Gasteiger partial charge on any atom is 0.0770 e. The van der Waals surface area contributed by atoms with Crippen LogP contribution in [0.15, 0.2) is 33.3 Å². The Kier molecular flexibility index (Phi) is 6.02. The molecule has 0 fully saturated rings. The van der Waals surface area contributed by atoms with E-state index in [0.29, 0.717) is 0 Å². The number of hydrogen-bond donors (Lipinski definition) is 1. The van der Waals surface area contributed by atoms with Gasteiger partial charge in [-0.3, -0.25) is 4.68 Å². The SMILES string of the molecule is CCCn1ncc(Br)c1C(NCC)c1cc(C)ccc1Br. The molecule has 0 spiro atoms. The molecule has 21 heavy (non-hydrogen) atoms. The number of aryl methyl sites for hydroxylation is 2. The van der Waals surface area contributed by atoms with Crippen molar-refractivity contribution in [3.63, 3.8) is 0 Å². The lowest BCUT2D eigenvalue weighted by atomic mass is 10.0. The molecule has 0 aliphatic heterocycles. The van der Waals surface area contributed by atoms with E-state index in [9.17, 15) is 0 Å². The molecule has 1 aromatic heterocycles. The fourth-order valence-electron chi connectivity index (χ4n) is 2.49. The van der Waals surface area contributed by atoms with Gasteiger partial charge in [-0.1, -0.05) is 47.5 Å². The Bertz CT molecular complexity index is 608. The van der Waals surface area contributed by atoms with Crippen molar-refractivity contribution < 1.29 is 0 Å². The molecule has 0 saturated heterocycles. The Morgan fingerprint density at radius 1 is 1.24 bits per heavy atom. The monoisotopic (exact) mass is 413 g/mol. The van der Waals surface area contributed by atoms with Crippen LogP contribution in [0, 0.1) is 6.92 Å². The van der Waals surface area contributed by atoms with Crippen molar-refractivity contribution in [3.8, 4) is 0 Å². The summed E-state index contributed by atoms with van der Waals surface area (Å²) in [6.45, 7) is 8.24. The first-order valence-electron chi connectivity index (χ1n) is 7.29. The molecule has 114 valence electrons. The van der Waals surface area contributed by atoms with Crippen LogP contribution in [0.4, 0.5) is 0 Å². The molecule has 0 aliphatic rings. The highest BCUT2D eigenvalue weighted by molar-refractivity contribution is 9.10. The summed E-state index contributed by atoms with van der Waals surface area (Å²) in [6.07, 6.45) is 2.95. The minimum Gasteiger partial charge on any atom is -0.305 e. The van der Waals surface area contributed by atoms with Crippen molar-refractivity contribution in [2.75, 3.05) is 6.54 Å². The van der Waals surface area contributed by atoms with Crippen LogP contribution in [-0.2, 0) is 6.54 Å². The number of aromatic nitrogens is 2. The molecule has 2 rings (SSSR count). The minimum atomic E-state index is 0.118. The predicted molar refractivity (Wildman–Crippen MR) is 94.6 cm³/mol. The lowest BCUT2D eigenvalue weighted by molar-refractivity contribution is 0.518. The molecule has 1 atom stereocenters. The number of rotatable bonds is 6. The second-order valence-corrected chi connectivity index (χ2v) is 6.83. The Hall–Kier alpha value is -0.650. The standard InChI is InChI=1S/C16H21Br2N3/c1-4-8-21-16(14(18)10-20-21)15(19-5-2)12-9-11(3)6-7-13(12)17/h6-7,9-10,15,19H,4-5,8H2,1-3H3. The van der Waals surface area contributed by atoms with Gasteiger partial charge in [0, 0.05) is 11.0 Å². The van der Waals surface area contributed by atoms with Crippen LogP contribution in [0.25, 0.3) is 0 Å². The van der Waals surface area contributed by atoms with Gasteiger partial charge in [-0.05, 0) is 47.4 Å². The zero-order chi connectivity index (χ0) is 15.4.